The lowest BCUT2D eigenvalue weighted by Crippen LogP contribution is -2.19. The first-order chi connectivity index (χ1) is 7.83. The Morgan fingerprint density at radius 2 is 2.25 bits per heavy atom. The standard InChI is InChI=1S/C14H18N2/c1-3-8-15-9-11-16-10-7-13-12(2)5-4-6-14(13)16/h3-7,10,15H,1,8-9,11H2,2H3. The van der Waals surface area contributed by atoms with Crippen LogP contribution in [0.2, 0.25) is 0 Å². The minimum Gasteiger partial charge on any atom is -0.346 e. The van der Waals surface area contributed by atoms with Crippen LogP contribution in [0, 0.1) is 6.92 Å². The molecule has 84 valence electrons. The van der Waals surface area contributed by atoms with Crippen LogP contribution in [0.1, 0.15) is 5.56 Å². The highest BCUT2D eigenvalue weighted by Crippen LogP contribution is 2.19. The quantitative estimate of drug-likeness (QED) is 0.598. The van der Waals surface area contributed by atoms with Crippen molar-refractivity contribution in [2.45, 2.75) is 13.5 Å². The maximum Gasteiger partial charge on any atom is 0.0483 e. The first kappa shape index (κ1) is 11.0. The van der Waals surface area contributed by atoms with Crippen molar-refractivity contribution in [2.24, 2.45) is 0 Å². The Kier molecular flexibility index (Phi) is 3.42. The van der Waals surface area contributed by atoms with Crippen LogP contribution < -0.4 is 5.32 Å². The molecule has 0 aliphatic rings. The van der Waals surface area contributed by atoms with Gasteiger partial charge >= 0.3 is 0 Å². The molecule has 1 N–H and O–H groups in total. The van der Waals surface area contributed by atoms with E-state index in [-0.39, 0.29) is 0 Å². The molecule has 2 rings (SSSR count). The Morgan fingerprint density at radius 1 is 1.38 bits per heavy atom. The monoisotopic (exact) mass is 214 g/mol. The van der Waals surface area contributed by atoms with Crippen molar-refractivity contribution in [1.82, 2.24) is 9.88 Å². The lowest BCUT2D eigenvalue weighted by molar-refractivity contribution is 0.641. The molecule has 0 aliphatic carbocycles. The molecule has 0 saturated carbocycles. The minimum absolute atomic E-state index is 0.873. The smallest absolute Gasteiger partial charge is 0.0483 e. The number of aromatic nitrogens is 1. The van der Waals surface area contributed by atoms with Crippen molar-refractivity contribution in [2.75, 3.05) is 13.1 Å². The fourth-order valence-corrected chi connectivity index (χ4v) is 1.98. The summed E-state index contributed by atoms with van der Waals surface area (Å²) in [6, 6.07) is 8.64. The topological polar surface area (TPSA) is 17.0 Å². The number of benzene rings is 1. The number of fused-ring (bicyclic) bond motifs is 1. The van der Waals surface area contributed by atoms with E-state index in [2.05, 4.69) is 53.8 Å². The molecule has 0 bridgehead atoms. The van der Waals surface area contributed by atoms with E-state index in [0.29, 0.717) is 0 Å². The number of nitrogens with one attached hydrogen (secondary N) is 1. The largest absolute Gasteiger partial charge is 0.346 e. The summed E-state index contributed by atoms with van der Waals surface area (Å²) in [5, 5.41) is 4.67. The highest BCUT2D eigenvalue weighted by Gasteiger charge is 2.01. The van der Waals surface area contributed by atoms with Gasteiger partial charge in [-0.25, -0.2) is 0 Å². The van der Waals surface area contributed by atoms with Gasteiger partial charge < -0.3 is 9.88 Å². The van der Waals surface area contributed by atoms with Crippen LogP contribution in [0.25, 0.3) is 10.9 Å². The maximum absolute atomic E-state index is 3.69. The molecule has 0 amide bonds. The normalized spacial score (nSPS) is 10.8. The Morgan fingerprint density at radius 3 is 3.06 bits per heavy atom. The van der Waals surface area contributed by atoms with Gasteiger partial charge in [0.1, 0.15) is 0 Å². The number of hydrogen-bond acceptors (Lipinski definition) is 1. The van der Waals surface area contributed by atoms with Gasteiger partial charge in [0.2, 0.25) is 0 Å². The Labute approximate surface area is 96.6 Å². The molecule has 16 heavy (non-hydrogen) atoms. The van der Waals surface area contributed by atoms with E-state index in [4.69, 9.17) is 0 Å². The van der Waals surface area contributed by atoms with Crippen molar-refractivity contribution >= 4 is 10.9 Å². The van der Waals surface area contributed by atoms with Gasteiger partial charge in [-0.05, 0) is 24.6 Å². The van der Waals surface area contributed by atoms with Gasteiger partial charge in [-0.1, -0.05) is 18.2 Å². The second-order valence-corrected chi connectivity index (χ2v) is 4.01. The van der Waals surface area contributed by atoms with Crippen LogP contribution in [0.3, 0.4) is 0 Å². The number of nitrogens with zero attached hydrogens (tertiary/aromatic N) is 1. The zero-order valence-corrected chi connectivity index (χ0v) is 9.74. The molecule has 0 aliphatic heterocycles. The number of aryl methyl sites for hydroxylation is 1. The van der Waals surface area contributed by atoms with E-state index in [1.807, 2.05) is 6.08 Å². The first-order valence-corrected chi connectivity index (χ1v) is 5.69. The van der Waals surface area contributed by atoms with Gasteiger partial charge in [0, 0.05) is 36.7 Å². The van der Waals surface area contributed by atoms with Gasteiger partial charge in [-0.2, -0.15) is 0 Å². The van der Waals surface area contributed by atoms with Crippen LogP contribution in [0.15, 0.2) is 43.1 Å². The first-order valence-electron chi connectivity index (χ1n) is 5.69. The summed E-state index contributed by atoms with van der Waals surface area (Å²) in [7, 11) is 0. The van der Waals surface area contributed by atoms with Gasteiger partial charge in [0.05, 0.1) is 0 Å². The molecule has 0 unspecified atom stereocenters. The summed E-state index contributed by atoms with van der Waals surface area (Å²) in [6.07, 6.45) is 4.05. The lowest BCUT2D eigenvalue weighted by Gasteiger charge is -2.06. The summed E-state index contributed by atoms with van der Waals surface area (Å²) >= 11 is 0. The maximum atomic E-state index is 3.69. The molecular weight excluding hydrogens is 196 g/mol. The van der Waals surface area contributed by atoms with Crippen molar-refractivity contribution in [3.05, 3.63) is 48.7 Å². The Balaban J connectivity index is 2.13. The molecule has 0 radical (unpaired) electrons. The van der Waals surface area contributed by atoms with Crippen molar-refractivity contribution in [3.63, 3.8) is 0 Å². The molecule has 1 aromatic heterocycles. The van der Waals surface area contributed by atoms with E-state index in [0.717, 1.165) is 19.6 Å². The van der Waals surface area contributed by atoms with Gasteiger partial charge in [-0.15, -0.1) is 6.58 Å². The second kappa shape index (κ2) is 4.99. The third-order valence-electron chi connectivity index (χ3n) is 2.85. The lowest BCUT2D eigenvalue weighted by atomic mass is 10.1. The van der Waals surface area contributed by atoms with Crippen molar-refractivity contribution in [3.8, 4) is 0 Å². The molecule has 0 atom stereocenters. The van der Waals surface area contributed by atoms with Crippen LogP contribution in [0.4, 0.5) is 0 Å². The predicted octanol–water partition coefficient (Wildman–Crippen LogP) is 2.73. The summed E-state index contributed by atoms with van der Waals surface area (Å²) in [5.41, 5.74) is 2.66. The number of hydrogen-bond donors (Lipinski definition) is 1. The van der Waals surface area contributed by atoms with E-state index in [1.165, 1.54) is 16.5 Å². The highest BCUT2D eigenvalue weighted by atomic mass is 15.0. The third kappa shape index (κ3) is 2.17. The van der Waals surface area contributed by atoms with Crippen LogP contribution >= 0.6 is 0 Å². The second-order valence-electron chi connectivity index (χ2n) is 4.01. The summed E-state index contributed by atoms with van der Waals surface area (Å²) in [6.45, 7) is 8.69. The predicted molar refractivity (Wildman–Crippen MR) is 69.7 cm³/mol. The number of rotatable bonds is 5. The summed E-state index contributed by atoms with van der Waals surface area (Å²) < 4.78 is 2.29. The fraction of sp³-hybridized carbons (Fsp3) is 0.286. The molecule has 2 nitrogen and oxygen atoms in total. The summed E-state index contributed by atoms with van der Waals surface area (Å²) in [4.78, 5) is 0. The van der Waals surface area contributed by atoms with Crippen molar-refractivity contribution in [1.29, 1.82) is 0 Å². The van der Waals surface area contributed by atoms with E-state index >= 15 is 0 Å². The molecule has 0 fully saturated rings. The zero-order valence-electron chi connectivity index (χ0n) is 9.74. The Hall–Kier alpha value is -1.54. The zero-order chi connectivity index (χ0) is 11.4. The SMILES string of the molecule is C=CCNCCn1ccc2c(C)cccc21. The van der Waals surface area contributed by atoms with E-state index in [9.17, 15) is 0 Å². The van der Waals surface area contributed by atoms with Crippen molar-refractivity contribution < 1.29 is 0 Å². The molecular formula is C14H18N2. The third-order valence-corrected chi connectivity index (χ3v) is 2.85. The fourth-order valence-electron chi connectivity index (χ4n) is 1.98. The molecule has 0 saturated heterocycles. The average Bonchev–Trinajstić information content (AvgIpc) is 2.70. The van der Waals surface area contributed by atoms with Gasteiger partial charge in [0.15, 0.2) is 0 Å². The minimum atomic E-state index is 0.873. The molecule has 1 aromatic carbocycles. The average molecular weight is 214 g/mol. The van der Waals surface area contributed by atoms with Gasteiger partial charge in [0.25, 0.3) is 0 Å². The van der Waals surface area contributed by atoms with Crippen LogP contribution in [-0.2, 0) is 6.54 Å². The summed E-state index contributed by atoms with van der Waals surface area (Å²) in [5.74, 6) is 0. The van der Waals surface area contributed by atoms with E-state index < -0.39 is 0 Å². The molecule has 0 spiro atoms. The van der Waals surface area contributed by atoms with Crippen LogP contribution in [-0.4, -0.2) is 17.7 Å². The molecule has 2 heteroatoms. The molecule has 1 heterocycles. The van der Waals surface area contributed by atoms with Crippen LogP contribution in [0.5, 0.6) is 0 Å². The highest BCUT2D eigenvalue weighted by molar-refractivity contribution is 5.83. The van der Waals surface area contributed by atoms with E-state index in [1.54, 1.807) is 0 Å². The Bertz CT molecular complexity index is 482. The molecule has 2 aromatic rings. The van der Waals surface area contributed by atoms with Gasteiger partial charge in [-0.3, -0.25) is 0 Å².